The lowest BCUT2D eigenvalue weighted by Gasteiger charge is -2.22. The van der Waals surface area contributed by atoms with Crippen LogP contribution in [-0.2, 0) is 17.8 Å². The Kier molecular flexibility index (Phi) is 6.32. The molecule has 0 spiro atoms. The number of aryl methyl sites for hydroxylation is 2. The number of carbonyl (C=O) groups is 1. The largest absolute Gasteiger partial charge is 0.313 e. The van der Waals surface area contributed by atoms with Crippen LogP contribution in [0, 0.1) is 11.2 Å². The molecule has 1 heterocycles. The molecule has 6 heteroatoms. The number of amides is 1. The highest BCUT2D eigenvalue weighted by atomic mass is 19.1. The Morgan fingerprint density at radius 1 is 1.27 bits per heavy atom. The molecule has 1 aromatic carbocycles. The van der Waals surface area contributed by atoms with Crippen LogP contribution in [0.3, 0.4) is 0 Å². The van der Waals surface area contributed by atoms with Crippen LogP contribution in [-0.4, -0.2) is 15.7 Å². The van der Waals surface area contributed by atoms with Crippen molar-refractivity contribution in [2.24, 2.45) is 5.41 Å². The molecule has 1 aromatic heterocycles. The molecule has 2 rings (SSSR count). The van der Waals surface area contributed by atoms with Crippen molar-refractivity contribution in [1.82, 2.24) is 10.0 Å². The Balaban J connectivity index is 2.22. The maximum atomic E-state index is 14.5. The van der Waals surface area contributed by atoms with Gasteiger partial charge in [0.05, 0.1) is 0 Å². The van der Waals surface area contributed by atoms with E-state index in [9.17, 15) is 14.0 Å². The zero-order valence-corrected chi connectivity index (χ0v) is 15.4. The molecule has 5 nitrogen and oxygen atoms in total. The van der Waals surface area contributed by atoms with Crippen LogP contribution in [0.4, 0.5) is 4.39 Å². The lowest BCUT2D eigenvalue weighted by atomic mass is 9.88. The van der Waals surface area contributed by atoms with Gasteiger partial charge in [-0.15, -0.1) is 0 Å². The summed E-state index contributed by atoms with van der Waals surface area (Å²) >= 11 is 0. The molecule has 0 fully saturated rings. The third-order valence-electron chi connectivity index (χ3n) is 4.57. The molecular formula is C20H25FN2O3. The number of benzene rings is 1. The Labute approximate surface area is 152 Å². The molecular weight excluding hydrogens is 335 g/mol. The van der Waals surface area contributed by atoms with Gasteiger partial charge in [0.25, 0.3) is 5.56 Å². The molecule has 26 heavy (non-hydrogen) atoms. The van der Waals surface area contributed by atoms with E-state index in [-0.39, 0.29) is 24.1 Å². The van der Waals surface area contributed by atoms with E-state index in [0.717, 1.165) is 12.8 Å². The summed E-state index contributed by atoms with van der Waals surface area (Å²) in [6.07, 6.45) is 3.45. The van der Waals surface area contributed by atoms with Crippen molar-refractivity contribution in [3.8, 4) is 11.1 Å². The molecule has 0 aliphatic rings. The summed E-state index contributed by atoms with van der Waals surface area (Å²) in [6, 6.07) is 8.81. The first-order valence-electron chi connectivity index (χ1n) is 8.72. The van der Waals surface area contributed by atoms with Gasteiger partial charge < -0.3 is 4.57 Å². The molecule has 0 saturated carbocycles. The molecule has 0 saturated heterocycles. The van der Waals surface area contributed by atoms with Gasteiger partial charge in [0, 0.05) is 29.8 Å². The summed E-state index contributed by atoms with van der Waals surface area (Å²) in [5.41, 5.74) is 2.50. The molecule has 1 amide bonds. The minimum atomic E-state index is -0.877. The SMILES string of the molecule is CCCc1ccc(-c2cc(=O)n(CCC(C)(C)C(=O)NO)cc2F)cc1. The fourth-order valence-corrected chi connectivity index (χ4v) is 2.75. The number of rotatable bonds is 7. The van der Waals surface area contributed by atoms with E-state index in [4.69, 9.17) is 5.21 Å². The number of nitrogens with zero attached hydrogens (tertiary/aromatic N) is 1. The lowest BCUT2D eigenvalue weighted by molar-refractivity contribution is -0.138. The quantitative estimate of drug-likeness (QED) is 0.586. The molecule has 140 valence electrons. The fourth-order valence-electron chi connectivity index (χ4n) is 2.75. The Bertz CT molecular complexity index is 826. The Morgan fingerprint density at radius 3 is 2.50 bits per heavy atom. The lowest BCUT2D eigenvalue weighted by Crippen LogP contribution is -2.36. The van der Waals surface area contributed by atoms with Crippen molar-refractivity contribution in [2.45, 2.75) is 46.6 Å². The number of carbonyl (C=O) groups excluding carboxylic acids is 1. The van der Waals surface area contributed by atoms with Crippen LogP contribution < -0.4 is 11.0 Å². The zero-order chi connectivity index (χ0) is 19.3. The van der Waals surface area contributed by atoms with Crippen LogP contribution in [0.15, 0.2) is 41.3 Å². The van der Waals surface area contributed by atoms with E-state index < -0.39 is 17.1 Å². The molecule has 0 aliphatic carbocycles. The van der Waals surface area contributed by atoms with E-state index in [1.165, 1.54) is 22.4 Å². The van der Waals surface area contributed by atoms with Gasteiger partial charge in [0.1, 0.15) is 5.82 Å². The average molecular weight is 360 g/mol. The van der Waals surface area contributed by atoms with Crippen molar-refractivity contribution in [1.29, 1.82) is 0 Å². The number of hydroxylamine groups is 1. The van der Waals surface area contributed by atoms with E-state index in [0.29, 0.717) is 5.56 Å². The predicted molar refractivity (Wildman–Crippen MR) is 98.4 cm³/mol. The normalized spacial score (nSPS) is 11.4. The Hall–Kier alpha value is -2.47. The first-order chi connectivity index (χ1) is 12.3. The van der Waals surface area contributed by atoms with Crippen molar-refractivity contribution in [2.75, 3.05) is 0 Å². The van der Waals surface area contributed by atoms with Gasteiger partial charge in [0.15, 0.2) is 0 Å². The zero-order valence-electron chi connectivity index (χ0n) is 15.4. The minimum Gasteiger partial charge on any atom is -0.313 e. The summed E-state index contributed by atoms with van der Waals surface area (Å²) in [5, 5.41) is 8.75. The number of aromatic nitrogens is 1. The third kappa shape index (κ3) is 4.58. The summed E-state index contributed by atoms with van der Waals surface area (Å²) in [5.74, 6) is -1.04. The average Bonchev–Trinajstić information content (AvgIpc) is 2.62. The third-order valence-corrected chi connectivity index (χ3v) is 4.57. The van der Waals surface area contributed by atoms with E-state index in [2.05, 4.69) is 6.92 Å². The van der Waals surface area contributed by atoms with E-state index >= 15 is 0 Å². The molecule has 2 aromatic rings. The maximum absolute atomic E-state index is 14.5. The number of nitrogens with one attached hydrogen (secondary N) is 1. The molecule has 0 atom stereocenters. The van der Waals surface area contributed by atoms with Gasteiger partial charge in [0.2, 0.25) is 5.91 Å². The van der Waals surface area contributed by atoms with Gasteiger partial charge in [-0.05, 0) is 24.0 Å². The number of halogens is 1. The van der Waals surface area contributed by atoms with Gasteiger partial charge in [-0.3, -0.25) is 14.8 Å². The second-order valence-corrected chi connectivity index (χ2v) is 7.09. The number of hydrogen-bond donors (Lipinski definition) is 2. The van der Waals surface area contributed by atoms with Crippen molar-refractivity contribution in [3.63, 3.8) is 0 Å². The van der Waals surface area contributed by atoms with Gasteiger partial charge in [-0.25, -0.2) is 9.87 Å². The monoisotopic (exact) mass is 360 g/mol. The minimum absolute atomic E-state index is 0.173. The second kappa shape index (κ2) is 8.27. The Morgan fingerprint density at radius 2 is 1.92 bits per heavy atom. The fraction of sp³-hybridized carbons (Fsp3) is 0.400. The highest BCUT2D eigenvalue weighted by Gasteiger charge is 2.27. The molecule has 0 radical (unpaired) electrons. The van der Waals surface area contributed by atoms with E-state index in [1.54, 1.807) is 19.3 Å². The van der Waals surface area contributed by atoms with Crippen LogP contribution >= 0.6 is 0 Å². The number of pyridine rings is 1. The topological polar surface area (TPSA) is 71.3 Å². The highest BCUT2D eigenvalue weighted by Crippen LogP contribution is 2.24. The summed E-state index contributed by atoms with van der Waals surface area (Å²) < 4.78 is 15.8. The van der Waals surface area contributed by atoms with Crippen LogP contribution in [0.1, 0.15) is 39.2 Å². The van der Waals surface area contributed by atoms with Crippen LogP contribution in [0.2, 0.25) is 0 Å². The summed E-state index contributed by atoms with van der Waals surface area (Å²) in [4.78, 5) is 23.9. The molecule has 0 aliphatic heterocycles. The summed E-state index contributed by atoms with van der Waals surface area (Å²) in [7, 11) is 0. The highest BCUT2D eigenvalue weighted by molar-refractivity contribution is 5.80. The predicted octanol–water partition coefficient (Wildman–Crippen LogP) is 3.53. The first kappa shape index (κ1) is 19.8. The van der Waals surface area contributed by atoms with Crippen molar-refractivity contribution in [3.05, 3.63) is 58.3 Å². The first-order valence-corrected chi connectivity index (χ1v) is 8.72. The second-order valence-electron chi connectivity index (χ2n) is 7.09. The van der Waals surface area contributed by atoms with Crippen molar-refractivity contribution < 1.29 is 14.4 Å². The van der Waals surface area contributed by atoms with Crippen molar-refractivity contribution >= 4 is 5.91 Å². The smallest absolute Gasteiger partial charge is 0.251 e. The van der Waals surface area contributed by atoms with E-state index in [1.807, 2.05) is 24.3 Å². The van der Waals surface area contributed by atoms with Crippen LogP contribution in [0.25, 0.3) is 11.1 Å². The molecule has 0 unspecified atom stereocenters. The summed E-state index contributed by atoms with van der Waals surface area (Å²) in [6.45, 7) is 5.56. The standard InChI is InChI=1S/C20H25FN2O3/c1-4-5-14-6-8-15(9-7-14)16-12-18(24)23(13-17(16)21)11-10-20(2,3)19(25)22-26/h6-9,12-13,26H,4-5,10-11H2,1-3H3,(H,22,25). The van der Waals surface area contributed by atoms with Gasteiger partial charge in [-0.2, -0.15) is 0 Å². The molecule has 0 bridgehead atoms. The molecule has 2 N–H and O–H groups in total. The van der Waals surface area contributed by atoms with Crippen LogP contribution in [0.5, 0.6) is 0 Å². The van der Waals surface area contributed by atoms with Gasteiger partial charge in [-0.1, -0.05) is 51.5 Å². The van der Waals surface area contributed by atoms with Gasteiger partial charge >= 0.3 is 0 Å². The number of hydrogen-bond acceptors (Lipinski definition) is 3. The maximum Gasteiger partial charge on any atom is 0.251 e.